The summed E-state index contributed by atoms with van der Waals surface area (Å²) in [6, 6.07) is 7.47. The van der Waals surface area contributed by atoms with Crippen molar-refractivity contribution in [3.63, 3.8) is 0 Å². The van der Waals surface area contributed by atoms with Crippen molar-refractivity contribution in [2.24, 2.45) is 5.92 Å². The molecule has 0 saturated carbocycles. The van der Waals surface area contributed by atoms with E-state index < -0.39 is 17.7 Å². The van der Waals surface area contributed by atoms with Crippen molar-refractivity contribution in [1.82, 2.24) is 20.0 Å². The molecule has 2 atom stereocenters. The highest BCUT2D eigenvalue weighted by molar-refractivity contribution is 5.95. The minimum Gasteiger partial charge on any atom is -0.444 e. The Kier molecular flexibility index (Phi) is 9.39. The maximum atomic E-state index is 13.4. The van der Waals surface area contributed by atoms with Gasteiger partial charge in [-0.15, -0.1) is 0 Å². The van der Waals surface area contributed by atoms with Gasteiger partial charge in [0, 0.05) is 38.4 Å². The van der Waals surface area contributed by atoms with E-state index in [4.69, 9.17) is 4.74 Å². The van der Waals surface area contributed by atoms with Gasteiger partial charge in [-0.05, 0) is 58.1 Å². The van der Waals surface area contributed by atoms with Crippen molar-refractivity contribution in [3.8, 4) is 0 Å². The van der Waals surface area contributed by atoms with Crippen molar-refractivity contribution in [2.45, 2.75) is 71.6 Å². The molecule has 2 heterocycles. The van der Waals surface area contributed by atoms with E-state index in [0.717, 1.165) is 6.42 Å². The van der Waals surface area contributed by atoms with Crippen molar-refractivity contribution < 1.29 is 23.9 Å². The monoisotopic (exact) mass is 515 g/mol. The van der Waals surface area contributed by atoms with E-state index in [1.807, 2.05) is 52.8 Å². The van der Waals surface area contributed by atoms with Gasteiger partial charge in [-0.3, -0.25) is 9.59 Å². The molecular weight excluding hydrogens is 474 g/mol. The van der Waals surface area contributed by atoms with E-state index in [9.17, 15) is 19.2 Å². The van der Waals surface area contributed by atoms with Crippen molar-refractivity contribution in [1.29, 1.82) is 0 Å². The number of benzene rings is 1. The van der Waals surface area contributed by atoms with Crippen LogP contribution in [0.1, 0.15) is 53.9 Å². The van der Waals surface area contributed by atoms with Gasteiger partial charge in [0.1, 0.15) is 17.7 Å². The molecule has 2 saturated heterocycles. The van der Waals surface area contributed by atoms with Gasteiger partial charge >= 0.3 is 12.1 Å². The number of hydrogen-bond donors (Lipinski definition) is 2. The molecule has 37 heavy (non-hydrogen) atoms. The highest BCUT2D eigenvalue weighted by atomic mass is 16.6. The summed E-state index contributed by atoms with van der Waals surface area (Å²) >= 11 is 0. The Labute approximate surface area is 219 Å². The van der Waals surface area contributed by atoms with Crippen molar-refractivity contribution >= 4 is 29.6 Å². The Morgan fingerprint density at radius 2 is 1.59 bits per heavy atom. The molecule has 0 bridgehead atoms. The van der Waals surface area contributed by atoms with Gasteiger partial charge < -0.3 is 30.1 Å². The Morgan fingerprint density at radius 3 is 2.19 bits per heavy atom. The fourth-order valence-electron chi connectivity index (χ4n) is 4.62. The number of likely N-dealkylation sites (tertiary alicyclic amines) is 1. The molecular formula is C27H41N5O5. The van der Waals surface area contributed by atoms with Crippen LogP contribution in [0.15, 0.2) is 30.3 Å². The molecule has 0 radical (unpaired) electrons. The standard InChI is InChI=1S/C27H41N5O5/c1-19(2)18-21(24(34)30-14-16-31(17-15-30)26(36)37-27(3,4)5)29-23(33)22-12-9-13-32(22)25(35)28-20-10-7-6-8-11-20/h6-8,10-11,19,21-22H,9,12-18H2,1-5H3,(H,28,35)(H,29,33)/t21-,22-/m0/s1. The molecule has 2 N–H and O–H groups in total. The normalized spacial score (nSPS) is 19.0. The molecule has 0 aliphatic carbocycles. The van der Waals surface area contributed by atoms with Crippen LogP contribution < -0.4 is 10.6 Å². The van der Waals surface area contributed by atoms with E-state index in [0.29, 0.717) is 51.3 Å². The van der Waals surface area contributed by atoms with Gasteiger partial charge in [0.2, 0.25) is 11.8 Å². The number of rotatable bonds is 6. The summed E-state index contributed by atoms with van der Waals surface area (Å²) in [5.74, 6) is -0.297. The van der Waals surface area contributed by atoms with E-state index in [1.165, 1.54) is 0 Å². The van der Waals surface area contributed by atoms with Crippen LogP contribution in [0, 0.1) is 5.92 Å². The summed E-state index contributed by atoms with van der Waals surface area (Å²) in [6.07, 6.45) is 1.36. The first-order chi connectivity index (χ1) is 17.4. The molecule has 3 rings (SSSR count). The lowest BCUT2D eigenvalue weighted by Gasteiger charge is -2.37. The molecule has 2 fully saturated rings. The van der Waals surface area contributed by atoms with E-state index >= 15 is 0 Å². The molecule has 5 amide bonds. The van der Waals surface area contributed by atoms with Crippen molar-refractivity contribution in [2.75, 3.05) is 38.0 Å². The minimum absolute atomic E-state index is 0.163. The number of ether oxygens (including phenoxy) is 1. The number of carbonyl (C=O) groups excluding carboxylic acids is 4. The molecule has 10 nitrogen and oxygen atoms in total. The predicted octanol–water partition coefficient (Wildman–Crippen LogP) is 3.29. The summed E-state index contributed by atoms with van der Waals surface area (Å²) in [5.41, 5.74) is 0.0833. The van der Waals surface area contributed by atoms with E-state index in [-0.39, 0.29) is 29.9 Å². The lowest BCUT2D eigenvalue weighted by Crippen LogP contribution is -2.58. The first kappa shape index (κ1) is 28.3. The number of nitrogens with zero attached hydrogens (tertiary/aromatic N) is 3. The second-order valence-corrected chi connectivity index (χ2v) is 11.1. The Balaban J connectivity index is 1.60. The molecule has 1 aromatic rings. The third-order valence-corrected chi connectivity index (χ3v) is 6.41. The van der Waals surface area contributed by atoms with Gasteiger partial charge in [-0.2, -0.15) is 0 Å². The Morgan fingerprint density at radius 1 is 0.973 bits per heavy atom. The molecule has 204 valence electrons. The first-order valence-corrected chi connectivity index (χ1v) is 13.1. The second kappa shape index (κ2) is 12.3. The molecule has 1 aromatic carbocycles. The third-order valence-electron chi connectivity index (χ3n) is 6.41. The summed E-state index contributed by atoms with van der Waals surface area (Å²) < 4.78 is 5.44. The highest BCUT2D eigenvalue weighted by Crippen LogP contribution is 2.21. The number of amides is 5. The topological polar surface area (TPSA) is 111 Å². The number of carbonyl (C=O) groups is 4. The number of para-hydroxylation sites is 1. The zero-order valence-corrected chi connectivity index (χ0v) is 22.7. The van der Waals surface area contributed by atoms with Crippen LogP contribution in [-0.4, -0.2) is 89.0 Å². The molecule has 2 aliphatic rings. The quantitative estimate of drug-likeness (QED) is 0.604. The number of urea groups is 1. The number of piperazine rings is 1. The van der Waals surface area contributed by atoms with Gasteiger partial charge in [-0.1, -0.05) is 32.0 Å². The van der Waals surface area contributed by atoms with Gasteiger partial charge in [0.05, 0.1) is 0 Å². The summed E-state index contributed by atoms with van der Waals surface area (Å²) in [6.45, 7) is 11.4. The Bertz CT molecular complexity index is 954. The van der Waals surface area contributed by atoms with Crippen LogP contribution in [0.25, 0.3) is 0 Å². The van der Waals surface area contributed by atoms with Crippen LogP contribution in [0.5, 0.6) is 0 Å². The third kappa shape index (κ3) is 8.10. The zero-order valence-electron chi connectivity index (χ0n) is 22.7. The van der Waals surface area contributed by atoms with Crippen LogP contribution in [0.3, 0.4) is 0 Å². The number of anilines is 1. The maximum absolute atomic E-state index is 13.4. The average molecular weight is 516 g/mol. The second-order valence-electron chi connectivity index (χ2n) is 11.1. The van der Waals surface area contributed by atoms with Gasteiger partial charge in [0.25, 0.3) is 0 Å². The summed E-state index contributed by atoms with van der Waals surface area (Å²) in [4.78, 5) is 56.8. The van der Waals surface area contributed by atoms with Crippen LogP contribution in [-0.2, 0) is 14.3 Å². The average Bonchev–Trinajstić information content (AvgIpc) is 3.33. The highest BCUT2D eigenvalue weighted by Gasteiger charge is 2.37. The molecule has 0 aromatic heterocycles. The van der Waals surface area contributed by atoms with Crippen molar-refractivity contribution in [3.05, 3.63) is 30.3 Å². The smallest absolute Gasteiger partial charge is 0.410 e. The summed E-state index contributed by atoms with van der Waals surface area (Å²) in [7, 11) is 0. The van der Waals surface area contributed by atoms with E-state index in [1.54, 1.807) is 26.8 Å². The molecule has 10 heteroatoms. The molecule has 2 aliphatic heterocycles. The zero-order chi connectivity index (χ0) is 27.2. The lowest BCUT2D eigenvalue weighted by molar-refractivity contribution is -0.139. The molecule has 0 unspecified atom stereocenters. The van der Waals surface area contributed by atoms with Gasteiger partial charge in [-0.25, -0.2) is 9.59 Å². The fourth-order valence-corrected chi connectivity index (χ4v) is 4.62. The van der Waals surface area contributed by atoms with Gasteiger partial charge in [0.15, 0.2) is 0 Å². The first-order valence-electron chi connectivity index (χ1n) is 13.1. The SMILES string of the molecule is CC(C)C[C@H](NC(=O)[C@@H]1CCCN1C(=O)Nc1ccccc1)C(=O)N1CCN(C(=O)OC(C)(C)C)CC1. The summed E-state index contributed by atoms with van der Waals surface area (Å²) in [5, 5.41) is 5.79. The van der Waals surface area contributed by atoms with Crippen LogP contribution in [0.4, 0.5) is 15.3 Å². The lowest BCUT2D eigenvalue weighted by atomic mass is 10.0. The molecule has 0 spiro atoms. The largest absolute Gasteiger partial charge is 0.444 e. The maximum Gasteiger partial charge on any atom is 0.410 e. The van der Waals surface area contributed by atoms with Crippen LogP contribution >= 0.6 is 0 Å². The predicted molar refractivity (Wildman–Crippen MR) is 141 cm³/mol. The van der Waals surface area contributed by atoms with E-state index in [2.05, 4.69) is 10.6 Å². The minimum atomic E-state index is -0.694. The number of hydrogen-bond acceptors (Lipinski definition) is 5. The van der Waals surface area contributed by atoms with Crippen LogP contribution in [0.2, 0.25) is 0 Å². The number of nitrogens with one attached hydrogen (secondary N) is 2. The Hall–Kier alpha value is -3.30. The fraction of sp³-hybridized carbons (Fsp3) is 0.630.